The lowest BCUT2D eigenvalue weighted by Crippen LogP contribution is -2.01. The van der Waals surface area contributed by atoms with Gasteiger partial charge in [0.2, 0.25) is 0 Å². The van der Waals surface area contributed by atoms with E-state index in [2.05, 4.69) is 24.3 Å². The van der Waals surface area contributed by atoms with Crippen LogP contribution in [0.5, 0.6) is 0 Å². The zero-order valence-electron chi connectivity index (χ0n) is 20.7. The molecule has 0 unspecified atom stereocenters. The molecule has 0 atom stereocenters. The Kier molecular flexibility index (Phi) is 5.42. The van der Waals surface area contributed by atoms with Gasteiger partial charge in [-0.3, -0.25) is 0 Å². The second-order valence-corrected chi connectivity index (χ2v) is 9.19. The Morgan fingerprint density at radius 3 is 1.85 bits per heavy atom. The minimum atomic E-state index is 0.504. The molecule has 0 aliphatic heterocycles. The lowest BCUT2D eigenvalue weighted by atomic mass is 9.95. The molecule has 2 aromatic heterocycles. The SMILES string of the molecule is N#Cc1cccc(-c2ccc3c(oc4ccccc43)c2-c2nc(-c3ccccc3)nc(-c3ccccc3)n2)c1. The van der Waals surface area contributed by atoms with Gasteiger partial charge in [-0.1, -0.05) is 97.1 Å². The molecular formula is C34H20N4O. The highest BCUT2D eigenvalue weighted by atomic mass is 16.3. The van der Waals surface area contributed by atoms with E-state index in [4.69, 9.17) is 19.4 Å². The maximum Gasteiger partial charge on any atom is 0.168 e. The molecule has 0 spiro atoms. The second kappa shape index (κ2) is 9.37. The van der Waals surface area contributed by atoms with Gasteiger partial charge < -0.3 is 4.42 Å². The van der Waals surface area contributed by atoms with E-state index >= 15 is 0 Å². The molecule has 182 valence electrons. The fourth-order valence-corrected chi connectivity index (χ4v) is 4.93. The summed E-state index contributed by atoms with van der Waals surface area (Å²) in [6, 6.07) is 41.7. The van der Waals surface area contributed by atoms with E-state index < -0.39 is 0 Å². The first-order valence-corrected chi connectivity index (χ1v) is 12.6. The maximum absolute atomic E-state index is 9.59. The normalized spacial score (nSPS) is 11.1. The van der Waals surface area contributed by atoms with Gasteiger partial charge in [-0.15, -0.1) is 0 Å². The van der Waals surface area contributed by atoms with E-state index in [1.54, 1.807) is 6.07 Å². The summed E-state index contributed by atoms with van der Waals surface area (Å²) in [5, 5.41) is 11.6. The Bertz CT molecular complexity index is 1960. The van der Waals surface area contributed by atoms with Crippen molar-refractivity contribution in [3.63, 3.8) is 0 Å². The molecule has 7 rings (SSSR count). The van der Waals surface area contributed by atoms with Gasteiger partial charge in [0, 0.05) is 21.9 Å². The molecule has 0 saturated heterocycles. The average molecular weight is 501 g/mol. The first-order valence-electron chi connectivity index (χ1n) is 12.6. The molecule has 39 heavy (non-hydrogen) atoms. The van der Waals surface area contributed by atoms with E-state index in [9.17, 15) is 5.26 Å². The summed E-state index contributed by atoms with van der Waals surface area (Å²) < 4.78 is 6.48. The highest BCUT2D eigenvalue weighted by Crippen LogP contribution is 2.41. The Morgan fingerprint density at radius 2 is 1.15 bits per heavy atom. The fraction of sp³-hybridized carbons (Fsp3) is 0. The number of rotatable bonds is 4. The topological polar surface area (TPSA) is 75.6 Å². The number of para-hydroxylation sites is 1. The van der Waals surface area contributed by atoms with Crippen LogP contribution in [-0.4, -0.2) is 15.0 Å². The van der Waals surface area contributed by atoms with Gasteiger partial charge in [0.05, 0.1) is 17.2 Å². The first-order chi connectivity index (χ1) is 19.3. The van der Waals surface area contributed by atoms with Gasteiger partial charge in [0.25, 0.3) is 0 Å². The van der Waals surface area contributed by atoms with Crippen molar-refractivity contribution < 1.29 is 4.42 Å². The molecule has 2 heterocycles. The number of hydrogen-bond acceptors (Lipinski definition) is 5. The number of furan rings is 1. The van der Waals surface area contributed by atoms with Gasteiger partial charge in [-0.05, 0) is 35.4 Å². The summed E-state index contributed by atoms with van der Waals surface area (Å²) in [4.78, 5) is 14.9. The van der Waals surface area contributed by atoms with Gasteiger partial charge in [-0.25, -0.2) is 15.0 Å². The van der Waals surface area contributed by atoms with Crippen molar-refractivity contribution in [3.05, 3.63) is 127 Å². The maximum atomic E-state index is 9.59. The third kappa shape index (κ3) is 4.01. The van der Waals surface area contributed by atoms with Crippen LogP contribution in [0.15, 0.2) is 126 Å². The van der Waals surface area contributed by atoms with E-state index in [1.807, 2.05) is 97.1 Å². The van der Waals surface area contributed by atoms with Crippen molar-refractivity contribution in [1.29, 1.82) is 5.26 Å². The molecule has 0 saturated carbocycles. The Balaban J connectivity index is 1.59. The number of nitriles is 1. The van der Waals surface area contributed by atoms with Gasteiger partial charge in [-0.2, -0.15) is 5.26 Å². The second-order valence-electron chi connectivity index (χ2n) is 9.19. The van der Waals surface area contributed by atoms with Crippen molar-refractivity contribution in [2.24, 2.45) is 0 Å². The van der Waals surface area contributed by atoms with Crippen LogP contribution in [0, 0.1) is 11.3 Å². The molecule has 5 heteroatoms. The van der Waals surface area contributed by atoms with Crippen LogP contribution in [0.4, 0.5) is 0 Å². The predicted octanol–water partition coefficient (Wildman–Crippen LogP) is 8.31. The number of benzene rings is 5. The summed E-state index contributed by atoms with van der Waals surface area (Å²) in [7, 11) is 0. The van der Waals surface area contributed by atoms with Crippen molar-refractivity contribution >= 4 is 21.9 Å². The van der Waals surface area contributed by atoms with Crippen molar-refractivity contribution in [1.82, 2.24) is 15.0 Å². The van der Waals surface area contributed by atoms with Crippen molar-refractivity contribution in [3.8, 4) is 51.4 Å². The highest BCUT2D eigenvalue weighted by Gasteiger charge is 2.22. The molecule has 0 aliphatic rings. The van der Waals surface area contributed by atoms with Crippen LogP contribution in [0.1, 0.15) is 5.56 Å². The van der Waals surface area contributed by atoms with Crippen molar-refractivity contribution in [2.45, 2.75) is 0 Å². The number of fused-ring (bicyclic) bond motifs is 3. The molecular weight excluding hydrogens is 480 g/mol. The van der Waals surface area contributed by atoms with E-state index in [1.165, 1.54) is 0 Å². The Hall–Kier alpha value is -5.60. The summed E-state index contributed by atoms with van der Waals surface area (Å²) in [5.74, 6) is 1.65. The Labute approximate surface area is 224 Å². The van der Waals surface area contributed by atoms with Crippen LogP contribution in [0.25, 0.3) is 67.2 Å². The van der Waals surface area contributed by atoms with Crippen LogP contribution >= 0.6 is 0 Å². The van der Waals surface area contributed by atoms with Crippen LogP contribution in [-0.2, 0) is 0 Å². The van der Waals surface area contributed by atoms with Crippen LogP contribution in [0.3, 0.4) is 0 Å². The molecule has 0 N–H and O–H groups in total. The minimum Gasteiger partial charge on any atom is -0.455 e. The summed E-state index contributed by atoms with van der Waals surface area (Å²) in [6.07, 6.45) is 0. The van der Waals surface area contributed by atoms with Crippen LogP contribution in [0.2, 0.25) is 0 Å². The zero-order chi connectivity index (χ0) is 26.2. The molecule has 0 bridgehead atoms. The van der Waals surface area contributed by atoms with Crippen LogP contribution < -0.4 is 0 Å². The average Bonchev–Trinajstić information content (AvgIpc) is 3.40. The lowest BCUT2D eigenvalue weighted by Gasteiger charge is -2.13. The van der Waals surface area contributed by atoms with E-state index in [-0.39, 0.29) is 0 Å². The fourth-order valence-electron chi connectivity index (χ4n) is 4.93. The summed E-state index contributed by atoms with van der Waals surface area (Å²) >= 11 is 0. The van der Waals surface area contributed by atoms with Gasteiger partial charge in [0.15, 0.2) is 17.5 Å². The summed E-state index contributed by atoms with van der Waals surface area (Å²) in [6.45, 7) is 0. The minimum absolute atomic E-state index is 0.504. The van der Waals surface area contributed by atoms with Crippen molar-refractivity contribution in [2.75, 3.05) is 0 Å². The molecule has 0 aliphatic carbocycles. The summed E-state index contributed by atoms with van der Waals surface area (Å²) in [5.41, 5.74) is 6.37. The zero-order valence-corrected chi connectivity index (χ0v) is 20.7. The van der Waals surface area contributed by atoms with E-state index in [0.29, 0.717) is 28.6 Å². The molecule has 0 amide bonds. The molecule has 5 nitrogen and oxygen atoms in total. The molecule has 7 aromatic rings. The third-order valence-corrected chi connectivity index (χ3v) is 6.77. The third-order valence-electron chi connectivity index (χ3n) is 6.77. The standard InChI is InChI=1S/C34H20N4O/c35-21-22-10-9-15-25(20-22)26-18-19-28-27-16-7-8-17-29(27)39-31(28)30(26)34-37-32(23-11-3-1-4-12-23)36-33(38-34)24-13-5-2-6-14-24/h1-20H. The Morgan fingerprint density at radius 1 is 0.538 bits per heavy atom. The highest BCUT2D eigenvalue weighted by molar-refractivity contribution is 6.12. The predicted molar refractivity (Wildman–Crippen MR) is 154 cm³/mol. The first kappa shape index (κ1) is 22.6. The smallest absolute Gasteiger partial charge is 0.168 e. The largest absolute Gasteiger partial charge is 0.455 e. The van der Waals surface area contributed by atoms with Gasteiger partial charge in [0.1, 0.15) is 11.2 Å². The number of hydrogen-bond donors (Lipinski definition) is 0. The monoisotopic (exact) mass is 500 g/mol. The molecule has 0 fully saturated rings. The van der Waals surface area contributed by atoms with E-state index in [0.717, 1.165) is 44.2 Å². The van der Waals surface area contributed by atoms with Gasteiger partial charge >= 0.3 is 0 Å². The quantitative estimate of drug-likeness (QED) is 0.243. The number of aromatic nitrogens is 3. The molecule has 0 radical (unpaired) electrons. The lowest BCUT2D eigenvalue weighted by molar-refractivity contribution is 0.669. The number of nitrogens with zero attached hydrogens (tertiary/aromatic N) is 4. The molecule has 5 aromatic carbocycles.